The summed E-state index contributed by atoms with van der Waals surface area (Å²) in [6.07, 6.45) is -2.58. The van der Waals surface area contributed by atoms with E-state index in [9.17, 15) is 14.8 Å². The fourth-order valence-electron chi connectivity index (χ4n) is 3.59. The third-order valence-corrected chi connectivity index (χ3v) is 5.80. The summed E-state index contributed by atoms with van der Waals surface area (Å²) in [7, 11) is -4.37. The van der Waals surface area contributed by atoms with Gasteiger partial charge in [0.1, 0.15) is 30.5 Å². The number of hydrogen-bond acceptors (Lipinski definition) is 10. The lowest BCUT2D eigenvalue weighted by Crippen LogP contribution is -2.34. The van der Waals surface area contributed by atoms with Crippen molar-refractivity contribution in [3.8, 4) is 0 Å². The van der Waals surface area contributed by atoms with Crippen LogP contribution in [-0.4, -0.2) is 90.3 Å². The van der Waals surface area contributed by atoms with Gasteiger partial charge in [-0.05, 0) is 24.4 Å². The zero-order valence-electron chi connectivity index (χ0n) is 16.2. The van der Waals surface area contributed by atoms with Crippen molar-refractivity contribution < 1.29 is 38.8 Å². The Morgan fingerprint density at radius 1 is 1.26 bits per heavy atom. The molecule has 172 valence electrons. The minimum atomic E-state index is -4.37. The zero-order valence-corrected chi connectivity index (χ0v) is 17.9. The molecule has 2 fully saturated rings. The van der Waals surface area contributed by atoms with Gasteiger partial charge in [0, 0.05) is 19.3 Å². The summed E-state index contributed by atoms with van der Waals surface area (Å²) >= 11 is 6.11. The lowest BCUT2D eigenvalue weighted by molar-refractivity contribution is -0.0658. The topological polar surface area (TPSA) is 181 Å². The van der Waals surface area contributed by atoms with E-state index in [1.807, 2.05) is 0 Å². The minimum absolute atomic E-state index is 0.0293. The molecule has 0 aliphatic carbocycles. The van der Waals surface area contributed by atoms with Gasteiger partial charge < -0.3 is 39.5 Å². The third-order valence-electron chi connectivity index (χ3n) is 5.11. The number of ether oxygens (including phenoxy) is 3. The van der Waals surface area contributed by atoms with E-state index in [1.54, 1.807) is 0 Å². The summed E-state index contributed by atoms with van der Waals surface area (Å²) in [4.78, 5) is 26.2. The number of fused-ring (bicyclic) bond motifs is 1. The van der Waals surface area contributed by atoms with Crippen LogP contribution in [0.4, 0.5) is 5.82 Å². The zero-order chi connectivity index (χ0) is 22.2. The van der Waals surface area contributed by atoms with E-state index >= 15 is 0 Å². The fraction of sp³-hybridized carbons (Fsp3) is 0.688. The molecule has 4 rings (SSSR count). The van der Waals surface area contributed by atoms with Crippen LogP contribution in [0.5, 0.6) is 0 Å². The molecule has 4 heterocycles. The highest BCUT2D eigenvalue weighted by Crippen LogP contribution is 2.36. The number of nitrogens with zero attached hydrogens (tertiary/aromatic N) is 4. The van der Waals surface area contributed by atoms with Gasteiger partial charge in [-0.25, -0.2) is 4.68 Å². The summed E-state index contributed by atoms with van der Waals surface area (Å²) in [5.41, 5.74) is 0.294. The number of aromatic nitrogens is 4. The quantitative estimate of drug-likeness (QED) is 0.262. The maximum absolute atomic E-state index is 10.9. The van der Waals surface area contributed by atoms with Crippen molar-refractivity contribution in [2.24, 2.45) is 0 Å². The molecule has 2 aromatic heterocycles. The van der Waals surface area contributed by atoms with E-state index in [0.717, 1.165) is 12.8 Å². The Balaban J connectivity index is 1.54. The molecule has 0 saturated carbocycles. The highest BCUT2D eigenvalue weighted by atomic mass is 35.5. The molecule has 0 amide bonds. The van der Waals surface area contributed by atoms with Crippen LogP contribution in [0, 0.1) is 0 Å². The van der Waals surface area contributed by atoms with Crippen LogP contribution in [0.1, 0.15) is 19.1 Å². The molecule has 0 radical (unpaired) electrons. The van der Waals surface area contributed by atoms with Gasteiger partial charge >= 0.3 is 7.60 Å². The summed E-state index contributed by atoms with van der Waals surface area (Å²) in [6, 6.07) is 0.150. The van der Waals surface area contributed by atoms with Crippen molar-refractivity contribution in [1.82, 2.24) is 19.7 Å². The molecule has 0 spiro atoms. The van der Waals surface area contributed by atoms with E-state index in [0.29, 0.717) is 30.1 Å². The first-order valence-electron chi connectivity index (χ1n) is 9.62. The van der Waals surface area contributed by atoms with Crippen molar-refractivity contribution >= 4 is 36.0 Å². The van der Waals surface area contributed by atoms with Crippen LogP contribution in [-0.2, 0) is 18.8 Å². The maximum atomic E-state index is 10.9. The Morgan fingerprint density at radius 3 is 2.71 bits per heavy atom. The molecule has 0 aromatic carbocycles. The molecule has 31 heavy (non-hydrogen) atoms. The molecule has 15 heteroatoms. The second-order valence-electron chi connectivity index (χ2n) is 7.41. The van der Waals surface area contributed by atoms with Crippen LogP contribution in [0.25, 0.3) is 11.0 Å². The molecule has 2 aliphatic heterocycles. The standard InChI is InChI=1S/C16H23ClN5O8P/c17-16-20-13(19-8-1-3-28-4-2-8)9-5-18-22(14(9)21-16)15-12(24)11(23)10(30-15)6-29-7-31(25,26)27/h5,8,10-12,15,23-24H,1-4,6-7H2,(H,19,20,21)(H2,25,26,27)/t10-,11-,12-,15-/m1/s1. The number of aliphatic hydroxyl groups excluding tert-OH is 2. The number of aliphatic hydroxyl groups is 2. The second-order valence-corrected chi connectivity index (χ2v) is 9.34. The van der Waals surface area contributed by atoms with Crippen LogP contribution >= 0.6 is 19.2 Å². The molecule has 5 N–H and O–H groups in total. The van der Waals surface area contributed by atoms with Crippen LogP contribution < -0.4 is 5.32 Å². The van der Waals surface area contributed by atoms with Crippen LogP contribution in [0.2, 0.25) is 5.28 Å². The van der Waals surface area contributed by atoms with Crippen LogP contribution in [0.15, 0.2) is 6.20 Å². The van der Waals surface area contributed by atoms with Gasteiger partial charge in [-0.15, -0.1) is 0 Å². The second kappa shape index (κ2) is 9.22. The SMILES string of the molecule is O=P(O)(O)COC[C@H]1O[C@@H](n2ncc3c(NC4CCOCC4)nc(Cl)nc32)[C@H](O)[C@@H]1O. The summed E-state index contributed by atoms with van der Waals surface area (Å²) in [5, 5.41) is 28.8. The Hall–Kier alpha value is -1.41. The van der Waals surface area contributed by atoms with E-state index in [2.05, 4.69) is 20.4 Å². The van der Waals surface area contributed by atoms with Crippen LogP contribution in [0.3, 0.4) is 0 Å². The van der Waals surface area contributed by atoms with E-state index in [1.165, 1.54) is 10.9 Å². The smallest absolute Gasteiger partial charge is 0.350 e. The number of hydrogen-bond donors (Lipinski definition) is 5. The maximum Gasteiger partial charge on any atom is 0.350 e. The molecular weight excluding hydrogens is 457 g/mol. The number of halogens is 1. The van der Waals surface area contributed by atoms with E-state index in [-0.39, 0.29) is 17.9 Å². The first kappa shape index (κ1) is 22.8. The summed E-state index contributed by atoms with van der Waals surface area (Å²) in [6.45, 7) is 0.958. The highest BCUT2D eigenvalue weighted by molar-refractivity contribution is 7.51. The first-order chi connectivity index (χ1) is 14.7. The number of rotatable bonds is 7. The summed E-state index contributed by atoms with van der Waals surface area (Å²) in [5.74, 6) is 0.489. The van der Waals surface area contributed by atoms with E-state index < -0.39 is 38.5 Å². The van der Waals surface area contributed by atoms with Gasteiger partial charge in [0.2, 0.25) is 5.28 Å². The Kier molecular flexibility index (Phi) is 6.77. The Bertz CT molecular complexity index is 967. The predicted octanol–water partition coefficient (Wildman–Crippen LogP) is -0.158. The Morgan fingerprint density at radius 2 is 2.00 bits per heavy atom. The lowest BCUT2D eigenvalue weighted by atomic mass is 10.1. The average Bonchev–Trinajstić information content (AvgIpc) is 3.24. The fourth-order valence-corrected chi connectivity index (χ4v) is 4.10. The molecule has 0 unspecified atom stereocenters. The summed E-state index contributed by atoms with van der Waals surface area (Å²) < 4.78 is 28.2. The van der Waals surface area contributed by atoms with Gasteiger partial charge in [-0.3, -0.25) is 4.57 Å². The first-order valence-corrected chi connectivity index (χ1v) is 11.8. The van der Waals surface area contributed by atoms with Crippen molar-refractivity contribution in [1.29, 1.82) is 0 Å². The highest BCUT2D eigenvalue weighted by Gasteiger charge is 2.45. The molecular formula is C16H23ClN5O8P. The van der Waals surface area contributed by atoms with E-state index in [4.69, 9.17) is 35.6 Å². The molecule has 2 saturated heterocycles. The van der Waals surface area contributed by atoms with Gasteiger partial charge in [0.05, 0.1) is 18.2 Å². The number of nitrogens with one attached hydrogen (secondary N) is 1. The predicted molar refractivity (Wildman–Crippen MR) is 107 cm³/mol. The third kappa shape index (κ3) is 5.16. The monoisotopic (exact) mass is 479 g/mol. The molecule has 4 atom stereocenters. The Labute approximate surface area is 181 Å². The van der Waals surface area contributed by atoms with Crippen molar-refractivity contribution in [3.63, 3.8) is 0 Å². The van der Waals surface area contributed by atoms with Gasteiger partial charge in [-0.2, -0.15) is 15.1 Å². The van der Waals surface area contributed by atoms with Gasteiger partial charge in [-0.1, -0.05) is 0 Å². The molecule has 2 aromatic rings. The largest absolute Gasteiger partial charge is 0.387 e. The minimum Gasteiger partial charge on any atom is -0.387 e. The van der Waals surface area contributed by atoms with Gasteiger partial charge in [0.25, 0.3) is 0 Å². The molecule has 2 aliphatic rings. The lowest BCUT2D eigenvalue weighted by Gasteiger charge is -2.23. The van der Waals surface area contributed by atoms with Crippen molar-refractivity contribution in [2.45, 2.75) is 43.4 Å². The van der Waals surface area contributed by atoms with Crippen molar-refractivity contribution in [2.75, 3.05) is 31.5 Å². The number of anilines is 1. The molecule has 13 nitrogen and oxygen atoms in total. The molecule has 0 bridgehead atoms. The normalized spacial score (nSPS) is 27.8. The van der Waals surface area contributed by atoms with Crippen molar-refractivity contribution in [3.05, 3.63) is 11.5 Å². The van der Waals surface area contributed by atoms with Gasteiger partial charge in [0.15, 0.2) is 11.9 Å². The average molecular weight is 480 g/mol.